The summed E-state index contributed by atoms with van der Waals surface area (Å²) in [4.78, 5) is 12.5. The minimum absolute atomic E-state index is 0.138. The third-order valence-corrected chi connectivity index (χ3v) is 3.80. The van der Waals surface area contributed by atoms with E-state index in [1.807, 2.05) is 42.5 Å². The van der Waals surface area contributed by atoms with Crippen molar-refractivity contribution in [3.63, 3.8) is 0 Å². The first-order valence-corrected chi connectivity index (χ1v) is 8.01. The van der Waals surface area contributed by atoms with E-state index in [4.69, 9.17) is 4.74 Å². The lowest BCUT2D eigenvalue weighted by atomic mass is 10.1. The van der Waals surface area contributed by atoms with Crippen molar-refractivity contribution in [3.8, 4) is 5.75 Å². The number of ether oxygens (including phenoxy) is 1. The lowest BCUT2D eigenvalue weighted by molar-refractivity contribution is 0.0948. The van der Waals surface area contributed by atoms with Crippen molar-refractivity contribution >= 4 is 5.91 Å². The molecule has 0 radical (unpaired) electrons. The Bertz CT molecular complexity index is 849. The Morgan fingerprint density at radius 1 is 0.840 bits per heavy atom. The molecular formula is C21H18FNO2. The quantitative estimate of drug-likeness (QED) is 0.728. The highest BCUT2D eigenvalue weighted by molar-refractivity contribution is 5.95. The molecule has 4 heteroatoms. The standard InChI is InChI=1S/C21H18FNO2/c22-20-13-7-5-8-16(20)14-23-21(24)19-12-6-4-9-17(19)15-25-18-10-2-1-3-11-18/h1-13H,14-15H2,(H,23,24). The molecule has 0 aliphatic rings. The maximum Gasteiger partial charge on any atom is 0.251 e. The molecule has 3 aromatic carbocycles. The SMILES string of the molecule is O=C(NCc1ccccc1F)c1ccccc1COc1ccccc1. The minimum atomic E-state index is -0.330. The third kappa shape index (κ3) is 4.44. The molecule has 0 bridgehead atoms. The molecule has 0 unspecified atom stereocenters. The summed E-state index contributed by atoms with van der Waals surface area (Å²) < 4.78 is 19.4. The van der Waals surface area contributed by atoms with Crippen molar-refractivity contribution in [2.24, 2.45) is 0 Å². The number of hydrogen-bond donors (Lipinski definition) is 1. The van der Waals surface area contributed by atoms with Crippen LogP contribution in [0.2, 0.25) is 0 Å². The maximum absolute atomic E-state index is 13.7. The van der Waals surface area contributed by atoms with Crippen molar-refractivity contribution in [2.75, 3.05) is 0 Å². The number of benzene rings is 3. The molecule has 1 amide bonds. The van der Waals surface area contributed by atoms with E-state index in [0.29, 0.717) is 11.1 Å². The maximum atomic E-state index is 13.7. The van der Waals surface area contributed by atoms with Gasteiger partial charge in [-0.3, -0.25) is 4.79 Å². The average molecular weight is 335 g/mol. The lowest BCUT2D eigenvalue weighted by Crippen LogP contribution is -2.24. The van der Waals surface area contributed by atoms with E-state index < -0.39 is 0 Å². The van der Waals surface area contributed by atoms with Gasteiger partial charge in [-0.1, -0.05) is 54.6 Å². The van der Waals surface area contributed by atoms with Crippen LogP contribution in [-0.4, -0.2) is 5.91 Å². The lowest BCUT2D eigenvalue weighted by Gasteiger charge is -2.12. The largest absolute Gasteiger partial charge is 0.489 e. The smallest absolute Gasteiger partial charge is 0.251 e. The van der Waals surface area contributed by atoms with Crippen molar-refractivity contribution in [2.45, 2.75) is 13.2 Å². The zero-order valence-electron chi connectivity index (χ0n) is 13.6. The molecule has 3 aromatic rings. The Labute approximate surface area is 146 Å². The fourth-order valence-electron chi connectivity index (χ4n) is 2.46. The predicted molar refractivity (Wildman–Crippen MR) is 94.8 cm³/mol. The highest BCUT2D eigenvalue weighted by Gasteiger charge is 2.12. The Morgan fingerprint density at radius 3 is 2.24 bits per heavy atom. The van der Waals surface area contributed by atoms with Gasteiger partial charge in [-0.25, -0.2) is 4.39 Å². The topological polar surface area (TPSA) is 38.3 Å². The number of carbonyl (C=O) groups excluding carboxylic acids is 1. The molecule has 126 valence electrons. The number of para-hydroxylation sites is 1. The van der Waals surface area contributed by atoms with E-state index in [9.17, 15) is 9.18 Å². The van der Waals surface area contributed by atoms with E-state index in [1.54, 1.807) is 30.3 Å². The molecule has 0 aromatic heterocycles. The summed E-state index contributed by atoms with van der Waals surface area (Å²) in [6, 6.07) is 23.1. The highest BCUT2D eigenvalue weighted by atomic mass is 19.1. The van der Waals surface area contributed by atoms with Crippen LogP contribution in [-0.2, 0) is 13.2 Å². The summed E-state index contributed by atoms with van der Waals surface area (Å²) in [5.41, 5.74) is 1.75. The molecule has 0 aliphatic heterocycles. The second-order valence-electron chi connectivity index (χ2n) is 5.53. The van der Waals surface area contributed by atoms with Gasteiger partial charge in [0.1, 0.15) is 18.2 Å². The Morgan fingerprint density at radius 2 is 1.48 bits per heavy atom. The molecule has 0 saturated heterocycles. The first kappa shape index (κ1) is 16.7. The van der Waals surface area contributed by atoms with Gasteiger partial charge in [-0.05, 0) is 24.3 Å². The molecule has 0 spiro atoms. The Balaban J connectivity index is 1.67. The predicted octanol–water partition coefficient (Wildman–Crippen LogP) is 4.33. The molecule has 0 aliphatic carbocycles. The van der Waals surface area contributed by atoms with Crippen molar-refractivity contribution < 1.29 is 13.9 Å². The van der Waals surface area contributed by atoms with Crippen molar-refractivity contribution in [1.82, 2.24) is 5.32 Å². The molecule has 0 saturated carbocycles. The van der Waals surface area contributed by atoms with Crippen LogP contribution < -0.4 is 10.1 Å². The molecule has 0 fully saturated rings. The summed E-state index contributed by atoms with van der Waals surface area (Å²) in [6.07, 6.45) is 0. The van der Waals surface area contributed by atoms with E-state index in [1.165, 1.54) is 6.07 Å². The summed E-state index contributed by atoms with van der Waals surface area (Å²) in [7, 11) is 0. The molecule has 1 N–H and O–H groups in total. The monoisotopic (exact) mass is 335 g/mol. The van der Waals surface area contributed by atoms with Crippen LogP contribution in [0.15, 0.2) is 78.9 Å². The van der Waals surface area contributed by atoms with Gasteiger partial charge in [-0.2, -0.15) is 0 Å². The molecule has 3 rings (SSSR count). The minimum Gasteiger partial charge on any atom is -0.489 e. The molecule has 0 heterocycles. The summed E-state index contributed by atoms with van der Waals surface area (Å²) in [5.74, 6) is 0.156. The summed E-state index contributed by atoms with van der Waals surface area (Å²) in [5, 5.41) is 2.76. The highest BCUT2D eigenvalue weighted by Crippen LogP contribution is 2.15. The van der Waals surface area contributed by atoms with Crippen LogP contribution in [0.3, 0.4) is 0 Å². The Hall–Kier alpha value is -3.14. The number of halogens is 1. The number of nitrogens with one attached hydrogen (secondary N) is 1. The van der Waals surface area contributed by atoms with E-state index in [0.717, 1.165) is 11.3 Å². The second kappa shape index (κ2) is 8.11. The van der Waals surface area contributed by atoms with Crippen LogP contribution in [0.5, 0.6) is 5.75 Å². The van der Waals surface area contributed by atoms with Gasteiger partial charge in [0.2, 0.25) is 0 Å². The van der Waals surface area contributed by atoms with E-state index in [-0.39, 0.29) is 24.9 Å². The Kier molecular flexibility index (Phi) is 5.42. The second-order valence-corrected chi connectivity index (χ2v) is 5.53. The van der Waals surface area contributed by atoms with Gasteiger partial charge in [0, 0.05) is 23.2 Å². The molecular weight excluding hydrogens is 317 g/mol. The third-order valence-electron chi connectivity index (χ3n) is 3.80. The van der Waals surface area contributed by atoms with Gasteiger partial charge >= 0.3 is 0 Å². The number of rotatable bonds is 6. The molecule has 25 heavy (non-hydrogen) atoms. The zero-order chi connectivity index (χ0) is 17.5. The van der Waals surface area contributed by atoms with Crippen molar-refractivity contribution in [1.29, 1.82) is 0 Å². The van der Waals surface area contributed by atoms with Crippen LogP contribution in [0.4, 0.5) is 4.39 Å². The van der Waals surface area contributed by atoms with Crippen LogP contribution in [0.1, 0.15) is 21.5 Å². The fraction of sp³-hybridized carbons (Fsp3) is 0.0952. The van der Waals surface area contributed by atoms with Crippen LogP contribution >= 0.6 is 0 Å². The first-order chi connectivity index (χ1) is 12.2. The van der Waals surface area contributed by atoms with Gasteiger partial charge in [-0.15, -0.1) is 0 Å². The van der Waals surface area contributed by atoms with Crippen LogP contribution in [0.25, 0.3) is 0 Å². The van der Waals surface area contributed by atoms with Gasteiger partial charge < -0.3 is 10.1 Å². The first-order valence-electron chi connectivity index (χ1n) is 8.01. The van der Waals surface area contributed by atoms with E-state index in [2.05, 4.69) is 5.32 Å². The van der Waals surface area contributed by atoms with Crippen LogP contribution in [0, 0.1) is 5.82 Å². The summed E-state index contributed by atoms with van der Waals surface area (Å²) >= 11 is 0. The number of carbonyl (C=O) groups is 1. The van der Waals surface area contributed by atoms with Crippen molar-refractivity contribution in [3.05, 3.63) is 101 Å². The van der Waals surface area contributed by atoms with Gasteiger partial charge in [0.15, 0.2) is 0 Å². The normalized spacial score (nSPS) is 10.3. The summed E-state index contributed by atoms with van der Waals surface area (Å²) in [6.45, 7) is 0.423. The fourth-order valence-corrected chi connectivity index (χ4v) is 2.46. The zero-order valence-corrected chi connectivity index (χ0v) is 13.6. The van der Waals surface area contributed by atoms with E-state index >= 15 is 0 Å². The molecule has 3 nitrogen and oxygen atoms in total. The molecule has 0 atom stereocenters. The number of amides is 1. The van der Waals surface area contributed by atoms with Gasteiger partial charge in [0.25, 0.3) is 5.91 Å². The average Bonchev–Trinajstić information content (AvgIpc) is 2.66. The number of hydrogen-bond acceptors (Lipinski definition) is 2. The van der Waals surface area contributed by atoms with Gasteiger partial charge in [0.05, 0.1) is 0 Å².